The van der Waals surface area contributed by atoms with E-state index in [1.807, 2.05) is 6.92 Å². The van der Waals surface area contributed by atoms with E-state index >= 15 is 0 Å². The van der Waals surface area contributed by atoms with Crippen LogP contribution in [0, 0.1) is 11.8 Å². The zero-order valence-corrected chi connectivity index (χ0v) is 8.67. The Morgan fingerprint density at radius 1 is 1.50 bits per heavy atom. The summed E-state index contributed by atoms with van der Waals surface area (Å²) in [7, 11) is 0. The van der Waals surface area contributed by atoms with Gasteiger partial charge in [-0.25, -0.2) is 5.06 Å². The first kappa shape index (κ1) is 12.9. The van der Waals surface area contributed by atoms with Gasteiger partial charge < -0.3 is 5.11 Å². The van der Waals surface area contributed by atoms with Gasteiger partial charge in [-0.15, -0.1) is 0 Å². The molecule has 5 nitrogen and oxygen atoms in total. The molecule has 0 heterocycles. The maximum atomic E-state index is 10.9. The monoisotopic (exact) mass is 203 g/mol. The number of carboxylic acids is 1. The van der Waals surface area contributed by atoms with Gasteiger partial charge in [-0.1, -0.05) is 20.3 Å². The summed E-state index contributed by atoms with van der Waals surface area (Å²) in [6, 6.07) is -0.708. The molecule has 0 aliphatic heterocycles. The van der Waals surface area contributed by atoms with Gasteiger partial charge >= 0.3 is 5.97 Å². The van der Waals surface area contributed by atoms with Gasteiger partial charge in [0, 0.05) is 0 Å². The van der Waals surface area contributed by atoms with Crippen LogP contribution in [-0.2, 0) is 9.59 Å². The summed E-state index contributed by atoms with van der Waals surface area (Å²) in [4.78, 5) is 21.2. The minimum Gasteiger partial charge on any atom is -0.481 e. The van der Waals surface area contributed by atoms with Crippen LogP contribution in [0.25, 0.3) is 0 Å². The van der Waals surface area contributed by atoms with Gasteiger partial charge in [0.2, 0.25) is 6.41 Å². The molecule has 0 spiro atoms. The van der Waals surface area contributed by atoms with Crippen molar-refractivity contribution in [3.63, 3.8) is 0 Å². The molecular formula is C9H17NO4. The SMILES string of the molecule is CC[C@@H](C)[C@@H](C(=O)O)[C@H](C)N(O)C=O. The number of rotatable bonds is 6. The van der Waals surface area contributed by atoms with Crippen LogP contribution in [0.3, 0.4) is 0 Å². The van der Waals surface area contributed by atoms with Crippen LogP contribution in [0.5, 0.6) is 0 Å². The van der Waals surface area contributed by atoms with Crippen LogP contribution in [0.15, 0.2) is 0 Å². The van der Waals surface area contributed by atoms with Gasteiger partial charge in [-0.3, -0.25) is 14.8 Å². The summed E-state index contributed by atoms with van der Waals surface area (Å²) in [5.74, 6) is -1.82. The minimum absolute atomic E-state index is 0.0860. The summed E-state index contributed by atoms with van der Waals surface area (Å²) >= 11 is 0. The first-order chi connectivity index (χ1) is 6.45. The summed E-state index contributed by atoms with van der Waals surface area (Å²) in [6.45, 7) is 5.17. The molecule has 0 aromatic rings. The van der Waals surface area contributed by atoms with Crippen molar-refractivity contribution in [3.8, 4) is 0 Å². The second-order valence-corrected chi connectivity index (χ2v) is 3.48. The predicted molar refractivity (Wildman–Crippen MR) is 49.7 cm³/mol. The largest absolute Gasteiger partial charge is 0.481 e. The van der Waals surface area contributed by atoms with Gasteiger partial charge in [0.1, 0.15) is 0 Å². The van der Waals surface area contributed by atoms with E-state index in [2.05, 4.69) is 0 Å². The summed E-state index contributed by atoms with van der Waals surface area (Å²) in [6.07, 6.45) is 0.914. The number of nitrogens with zero attached hydrogens (tertiary/aromatic N) is 1. The van der Waals surface area contributed by atoms with Crippen molar-refractivity contribution in [2.45, 2.75) is 33.2 Å². The summed E-state index contributed by atoms with van der Waals surface area (Å²) in [5, 5.41) is 18.4. The van der Waals surface area contributed by atoms with Crippen molar-refractivity contribution in [1.82, 2.24) is 5.06 Å². The number of aliphatic carboxylic acids is 1. The van der Waals surface area contributed by atoms with Gasteiger partial charge in [-0.2, -0.15) is 0 Å². The fraction of sp³-hybridized carbons (Fsp3) is 0.778. The lowest BCUT2D eigenvalue weighted by Gasteiger charge is -2.28. The Hall–Kier alpha value is -1.10. The lowest BCUT2D eigenvalue weighted by Crippen LogP contribution is -2.42. The molecule has 0 radical (unpaired) electrons. The summed E-state index contributed by atoms with van der Waals surface area (Å²) in [5.41, 5.74) is 0. The zero-order valence-electron chi connectivity index (χ0n) is 8.67. The molecule has 0 bridgehead atoms. The van der Waals surface area contributed by atoms with Crippen molar-refractivity contribution in [1.29, 1.82) is 0 Å². The highest BCUT2D eigenvalue weighted by molar-refractivity contribution is 5.71. The molecule has 0 aromatic heterocycles. The number of hydroxylamine groups is 2. The average Bonchev–Trinajstić information content (AvgIpc) is 2.15. The highest BCUT2D eigenvalue weighted by Gasteiger charge is 2.32. The third-order valence-corrected chi connectivity index (χ3v) is 2.59. The van der Waals surface area contributed by atoms with Gasteiger partial charge in [0.05, 0.1) is 12.0 Å². The third kappa shape index (κ3) is 2.99. The number of carboxylic acid groups (broad SMARTS) is 1. The quantitative estimate of drug-likeness (QED) is 0.383. The molecule has 2 N–H and O–H groups in total. The van der Waals surface area contributed by atoms with E-state index in [-0.39, 0.29) is 12.3 Å². The fourth-order valence-electron chi connectivity index (χ4n) is 1.44. The first-order valence-electron chi connectivity index (χ1n) is 4.61. The van der Waals surface area contributed by atoms with Crippen molar-refractivity contribution in [3.05, 3.63) is 0 Å². The number of amides is 1. The molecule has 0 aromatic carbocycles. The van der Waals surface area contributed by atoms with Crippen LogP contribution < -0.4 is 0 Å². The van der Waals surface area contributed by atoms with E-state index in [1.165, 1.54) is 6.92 Å². The van der Waals surface area contributed by atoms with E-state index in [1.54, 1.807) is 6.92 Å². The molecule has 0 unspecified atom stereocenters. The molecule has 0 fully saturated rings. The van der Waals surface area contributed by atoms with E-state index in [9.17, 15) is 9.59 Å². The average molecular weight is 203 g/mol. The lowest BCUT2D eigenvalue weighted by molar-refractivity contribution is -0.172. The fourth-order valence-corrected chi connectivity index (χ4v) is 1.44. The normalized spacial score (nSPS) is 16.9. The molecule has 1 amide bonds. The van der Waals surface area contributed by atoms with E-state index < -0.39 is 17.9 Å². The van der Waals surface area contributed by atoms with Gasteiger partial charge in [0.15, 0.2) is 0 Å². The van der Waals surface area contributed by atoms with E-state index in [4.69, 9.17) is 10.3 Å². The predicted octanol–water partition coefficient (Wildman–Crippen LogP) is 0.969. The van der Waals surface area contributed by atoms with Crippen LogP contribution in [-0.4, -0.2) is 33.8 Å². The Kier molecular flexibility index (Phi) is 5.15. The molecule has 0 saturated heterocycles. The van der Waals surface area contributed by atoms with Gasteiger partial charge in [0.25, 0.3) is 0 Å². The third-order valence-electron chi connectivity index (χ3n) is 2.59. The highest BCUT2D eigenvalue weighted by atomic mass is 16.5. The van der Waals surface area contributed by atoms with Crippen molar-refractivity contribution in [2.75, 3.05) is 0 Å². The topological polar surface area (TPSA) is 77.8 Å². The molecule has 3 atom stereocenters. The Bertz CT molecular complexity index is 207. The Labute approximate surface area is 83.3 Å². The van der Waals surface area contributed by atoms with Crippen LogP contribution in [0.2, 0.25) is 0 Å². The Morgan fingerprint density at radius 2 is 2.00 bits per heavy atom. The van der Waals surface area contributed by atoms with Crippen LogP contribution in [0.1, 0.15) is 27.2 Å². The van der Waals surface area contributed by atoms with Crippen molar-refractivity contribution >= 4 is 12.4 Å². The second-order valence-electron chi connectivity index (χ2n) is 3.48. The van der Waals surface area contributed by atoms with Crippen LogP contribution in [0.4, 0.5) is 0 Å². The molecule has 0 aliphatic rings. The molecule has 82 valence electrons. The van der Waals surface area contributed by atoms with E-state index in [0.29, 0.717) is 11.5 Å². The number of carbonyl (C=O) groups excluding carboxylic acids is 1. The molecule has 5 heteroatoms. The van der Waals surface area contributed by atoms with Crippen molar-refractivity contribution < 1.29 is 19.9 Å². The maximum absolute atomic E-state index is 10.9. The standard InChI is InChI=1S/C9H17NO4/c1-4-6(2)8(9(12)13)7(3)10(14)5-11/h5-8,14H,4H2,1-3H3,(H,12,13)/t6-,7+,8-/m1/s1. The summed E-state index contributed by atoms with van der Waals surface area (Å²) < 4.78 is 0. The smallest absolute Gasteiger partial charge is 0.308 e. The number of hydrogen-bond donors (Lipinski definition) is 2. The number of carbonyl (C=O) groups is 2. The lowest BCUT2D eigenvalue weighted by atomic mass is 9.86. The highest BCUT2D eigenvalue weighted by Crippen LogP contribution is 2.21. The van der Waals surface area contributed by atoms with Crippen LogP contribution >= 0.6 is 0 Å². The van der Waals surface area contributed by atoms with Crippen molar-refractivity contribution in [2.24, 2.45) is 11.8 Å². The van der Waals surface area contributed by atoms with Gasteiger partial charge in [-0.05, 0) is 12.8 Å². The first-order valence-corrected chi connectivity index (χ1v) is 4.61. The maximum Gasteiger partial charge on any atom is 0.308 e. The molecule has 0 aliphatic carbocycles. The second kappa shape index (κ2) is 5.59. The molecular weight excluding hydrogens is 186 g/mol. The van der Waals surface area contributed by atoms with E-state index in [0.717, 1.165) is 0 Å². The molecule has 14 heavy (non-hydrogen) atoms. The Morgan fingerprint density at radius 3 is 2.29 bits per heavy atom. The minimum atomic E-state index is -0.993. The molecule has 0 saturated carbocycles. The number of hydrogen-bond acceptors (Lipinski definition) is 3. The zero-order chi connectivity index (χ0) is 11.3. The molecule has 0 rings (SSSR count). The Balaban J connectivity index is 4.64.